The lowest BCUT2D eigenvalue weighted by atomic mass is 9.72. The number of hydrogen-bond acceptors (Lipinski definition) is 3. The first-order valence-electron chi connectivity index (χ1n) is 9.41. The fourth-order valence-corrected chi connectivity index (χ4v) is 4.35. The standard InChI is InChI=1S/C21H22F2N4/c1-3-14-8-9-21(4-2,27-11-10-24-13-27)20-15(14)12-18(25-26-20)19-16(22)6-5-7-17(19)23/h5-7,10-14H,3-4,8-9H2,1-2H3/t14-,21-/m0/s1. The number of benzene rings is 1. The first-order valence-corrected chi connectivity index (χ1v) is 9.41. The van der Waals surface area contributed by atoms with Crippen LogP contribution in [0.1, 0.15) is 56.7 Å². The molecule has 0 bridgehead atoms. The number of imidazole rings is 1. The fourth-order valence-electron chi connectivity index (χ4n) is 4.35. The van der Waals surface area contributed by atoms with Gasteiger partial charge in [0.2, 0.25) is 0 Å². The van der Waals surface area contributed by atoms with Crippen LogP contribution in [-0.4, -0.2) is 19.7 Å². The SMILES string of the molecule is CC[C@H]1CC[C@](CC)(n2ccnc2)c2nnc(-c3c(F)cccc3F)cc21. The molecule has 2 heterocycles. The fraction of sp³-hybridized carbons (Fsp3) is 0.381. The number of aromatic nitrogens is 4. The maximum atomic E-state index is 14.3. The van der Waals surface area contributed by atoms with E-state index in [4.69, 9.17) is 0 Å². The van der Waals surface area contributed by atoms with Crippen LogP contribution in [0.25, 0.3) is 11.3 Å². The minimum Gasteiger partial charge on any atom is -0.326 e. The molecule has 0 saturated heterocycles. The van der Waals surface area contributed by atoms with Gasteiger partial charge >= 0.3 is 0 Å². The van der Waals surface area contributed by atoms with Crippen LogP contribution in [0.15, 0.2) is 43.0 Å². The van der Waals surface area contributed by atoms with Crippen molar-refractivity contribution in [1.29, 1.82) is 0 Å². The third-order valence-electron chi connectivity index (χ3n) is 5.91. The van der Waals surface area contributed by atoms with Crippen LogP contribution < -0.4 is 0 Å². The number of halogens is 2. The van der Waals surface area contributed by atoms with Crippen LogP contribution in [-0.2, 0) is 5.54 Å². The molecule has 1 aliphatic carbocycles. The van der Waals surface area contributed by atoms with E-state index >= 15 is 0 Å². The zero-order valence-electron chi connectivity index (χ0n) is 15.5. The minimum absolute atomic E-state index is 0.113. The largest absolute Gasteiger partial charge is 0.326 e. The van der Waals surface area contributed by atoms with E-state index in [0.29, 0.717) is 5.92 Å². The highest BCUT2D eigenvalue weighted by atomic mass is 19.1. The van der Waals surface area contributed by atoms with Gasteiger partial charge in [0.25, 0.3) is 0 Å². The summed E-state index contributed by atoms with van der Waals surface area (Å²) in [4.78, 5) is 4.21. The van der Waals surface area contributed by atoms with Crippen molar-refractivity contribution in [2.45, 2.75) is 51.0 Å². The van der Waals surface area contributed by atoms with E-state index in [1.165, 1.54) is 18.2 Å². The quantitative estimate of drug-likeness (QED) is 0.646. The Kier molecular flexibility index (Phi) is 4.50. The Hall–Kier alpha value is -2.63. The summed E-state index contributed by atoms with van der Waals surface area (Å²) < 4.78 is 30.6. The summed E-state index contributed by atoms with van der Waals surface area (Å²) in [5.41, 5.74) is 1.74. The highest BCUT2D eigenvalue weighted by Gasteiger charge is 2.41. The summed E-state index contributed by atoms with van der Waals surface area (Å²) in [5, 5.41) is 8.77. The Morgan fingerprint density at radius 2 is 1.96 bits per heavy atom. The van der Waals surface area contributed by atoms with Gasteiger partial charge < -0.3 is 4.57 Å². The van der Waals surface area contributed by atoms with E-state index in [9.17, 15) is 8.78 Å². The number of hydrogen-bond donors (Lipinski definition) is 0. The summed E-state index contributed by atoms with van der Waals surface area (Å²) in [5.74, 6) is -0.943. The van der Waals surface area contributed by atoms with Crippen molar-refractivity contribution in [2.75, 3.05) is 0 Å². The van der Waals surface area contributed by atoms with E-state index in [0.717, 1.165) is 36.9 Å². The molecule has 1 aliphatic rings. The Bertz CT molecular complexity index is 935. The molecule has 0 N–H and O–H groups in total. The van der Waals surface area contributed by atoms with Crippen LogP contribution in [0.2, 0.25) is 0 Å². The van der Waals surface area contributed by atoms with Crippen LogP contribution >= 0.6 is 0 Å². The van der Waals surface area contributed by atoms with Gasteiger partial charge in [0, 0.05) is 12.4 Å². The first kappa shape index (κ1) is 17.8. The molecule has 0 saturated carbocycles. The van der Waals surface area contributed by atoms with Gasteiger partial charge in [-0.2, -0.15) is 5.10 Å². The predicted molar refractivity (Wildman–Crippen MR) is 99.2 cm³/mol. The molecule has 140 valence electrons. The molecule has 0 radical (unpaired) electrons. The molecular formula is C21H22F2N4. The number of rotatable bonds is 4. The van der Waals surface area contributed by atoms with Crippen molar-refractivity contribution in [3.05, 3.63) is 65.9 Å². The van der Waals surface area contributed by atoms with Crippen molar-refractivity contribution in [1.82, 2.24) is 19.7 Å². The van der Waals surface area contributed by atoms with Crippen molar-refractivity contribution in [3.63, 3.8) is 0 Å². The monoisotopic (exact) mass is 368 g/mol. The summed E-state index contributed by atoms with van der Waals surface area (Å²) in [6, 6.07) is 5.69. The van der Waals surface area contributed by atoms with E-state index in [2.05, 4.69) is 33.6 Å². The molecule has 2 atom stereocenters. The molecule has 0 fully saturated rings. The Labute approximate surface area is 157 Å². The summed E-state index contributed by atoms with van der Waals surface area (Å²) >= 11 is 0. The number of fused-ring (bicyclic) bond motifs is 1. The van der Waals surface area contributed by atoms with Crippen LogP contribution in [0, 0.1) is 11.6 Å². The lowest BCUT2D eigenvalue weighted by Gasteiger charge is -2.41. The summed E-state index contributed by atoms with van der Waals surface area (Å²) in [6.45, 7) is 4.26. The molecule has 0 unspecified atom stereocenters. The normalized spacial score (nSPS) is 21.9. The Morgan fingerprint density at radius 1 is 1.19 bits per heavy atom. The Morgan fingerprint density at radius 3 is 2.59 bits per heavy atom. The van der Waals surface area contributed by atoms with Crippen molar-refractivity contribution < 1.29 is 8.78 Å². The second-order valence-electron chi connectivity index (χ2n) is 7.13. The molecule has 6 heteroatoms. The van der Waals surface area contributed by atoms with Gasteiger partial charge in [0.05, 0.1) is 28.8 Å². The molecular weight excluding hydrogens is 346 g/mol. The van der Waals surface area contributed by atoms with Crippen molar-refractivity contribution in [2.24, 2.45) is 0 Å². The molecule has 2 aromatic heterocycles. The molecule has 0 aliphatic heterocycles. The smallest absolute Gasteiger partial charge is 0.135 e. The van der Waals surface area contributed by atoms with Crippen LogP contribution in [0.5, 0.6) is 0 Å². The second kappa shape index (κ2) is 6.83. The average molecular weight is 368 g/mol. The van der Waals surface area contributed by atoms with Gasteiger partial charge in [-0.3, -0.25) is 0 Å². The number of nitrogens with zero attached hydrogens (tertiary/aromatic N) is 4. The molecule has 0 amide bonds. The summed E-state index contributed by atoms with van der Waals surface area (Å²) in [7, 11) is 0. The van der Waals surface area contributed by atoms with Crippen molar-refractivity contribution in [3.8, 4) is 11.3 Å². The van der Waals surface area contributed by atoms with Crippen LogP contribution in [0.4, 0.5) is 8.78 Å². The third-order valence-corrected chi connectivity index (χ3v) is 5.91. The second-order valence-corrected chi connectivity index (χ2v) is 7.13. The molecule has 27 heavy (non-hydrogen) atoms. The summed E-state index contributed by atoms with van der Waals surface area (Å²) in [6.07, 6.45) is 9.24. The van der Waals surface area contributed by atoms with Gasteiger partial charge in [-0.15, -0.1) is 5.10 Å². The average Bonchev–Trinajstić information content (AvgIpc) is 3.22. The highest BCUT2D eigenvalue weighted by molar-refractivity contribution is 5.62. The molecule has 4 rings (SSSR count). The van der Waals surface area contributed by atoms with E-state index in [-0.39, 0.29) is 16.8 Å². The third kappa shape index (κ3) is 2.74. The predicted octanol–water partition coefficient (Wildman–Crippen LogP) is 5.06. The van der Waals surface area contributed by atoms with Crippen LogP contribution in [0.3, 0.4) is 0 Å². The van der Waals surface area contributed by atoms with Gasteiger partial charge in [0.1, 0.15) is 11.6 Å². The minimum atomic E-state index is -0.621. The first-order chi connectivity index (χ1) is 13.1. The molecule has 4 nitrogen and oxygen atoms in total. The van der Waals surface area contributed by atoms with Gasteiger partial charge in [-0.1, -0.05) is 19.9 Å². The van der Waals surface area contributed by atoms with Crippen molar-refractivity contribution >= 4 is 0 Å². The Balaban J connectivity index is 1.92. The lowest BCUT2D eigenvalue weighted by molar-refractivity contribution is 0.259. The van der Waals surface area contributed by atoms with E-state index in [1.807, 2.05) is 18.6 Å². The van der Waals surface area contributed by atoms with Gasteiger partial charge in [-0.25, -0.2) is 13.8 Å². The van der Waals surface area contributed by atoms with E-state index < -0.39 is 11.6 Å². The lowest BCUT2D eigenvalue weighted by Crippen LogP contribution is -2.39. The molecule has 1 aromatic carbocycles. The maximum absolute atomic E-state index is 14.3. The zero-order chi connectivity index (χ0) is 19.0. The molecule has 0 spiro atoms. The maximum Gasteiger partial charge on any atom is 0.135 e. The highest BCUT2D eigenvalue weighted by Crippen LogP contribution is 2.46. The topological polar surface area (TPSA) is 43.6 Å². The van der Waals surface area contributed by atoms with E-state index in [1.54, 1.807) is 6.20 Å². The zero-order valence-corrected chi connectivity index (χ0v) is 15.5. The van der Waals surface area contributed by atoms with Gasteiger partial charge in [-0.05, 0) is 55.4 Å². The molecule has 3 aromatic rings. The van der Waals surface area contributed by atoms with Gasteiger partial charge in [0.15, 0.2) is 0 Å².